The van der Waals surface area contributed by atoms with Gasteiger partial charge >= 0.3 is 5.97 Å². The molecule has 1 heterocycles. The van der Waals surface area contributed by atoms with Gasteiger partial charge in [0.15, 0.2) is 5.78 Å². The number of carbonyl (C=O) groups is 2. The Balaban J connectivity index is 1.89. The lowest BCUT2D eigenvalue weighted by Crippen LogP contribution is -2.49. The van der Waals surface area contributed by atoms with E-state index in [1.54, 1.807) is 14.2 Å². The van der Waals surface area contributed by atoms with E-state index in [2.05, 4.69) is 4.90 Å². The minimum atomic E-state index is -0.946. The first-order chi connectivity index (χ1) is 16.1. The monoisotopic (exact) mass is 445 g/mol. The van der Waals surface area contributed by atoms with Gasteiger partial charge in [-0.1, -0.05) is 42.5 Å². The maximum absolute atomic E-state index is 13.4. The molecule has 6 heteroatoms. The standard InChI is InChI=1S/C27H27NO5/c1-31-21-13-9-18(10-14-21)23-17-24(29)25(27(30)33-3)26(19-11-15-22(32-2)16-12-19)28(23)20-7-5-4-6-8-20/h4-16,23,25-26H,17H2,1-3H3. The second kappa shape index (κ2) is 9.77. The molecule has 0 N–H and O–H groups in total. The Morgan fingerprint density at radius 3 is 1.85 bits per heavy atom. The molecule has 1 fully saturated rings. The Bertz CT molecular complexity index is 1100. The van der Waals surface area contributed by atoms with Gasteiger partial charge < -0.3 is 19.1 Å². The van der Waals surface area contributed by atoms with E-state index < -0.39 is 17.9 Å². The number of piperidine rings is 1. The quantitative estimate of drug-likeness (QED) is 0.403. The number of Topliss-reactive ketones (excluding diaryl/α,β-unsaturated/α-hetero) is 1. The Kier molecular flexibility index (Phi) is 6.63. The molecule has 0 radical (unpaired) electrons. The van der Waals surface area contributed by atoms with Crippen LogP contribution in [0.2, 0.25) is 0 Å². The normalized spacial score (nSPS) is 20.3. The number of rotatable bonds is 6. The van der Waals surface area contributed by atoms with Crippen LogP contribution < -0.4 is 14.4 Å². The van der Waals surface area contributed by atoms with Gasteiger partial charge in [0.05, 0.1) is 33.4 Å². The molecule has 3 aromatic carbocycles. The summed E-state index contributed by atoms with van der Waals surface area (Å²) in [5.74, 6) is -0.177. The van der Waals surface area contributed by atoms with Crippen molar-refractivity contribution < 1.29 is 23.8 Å². The van der Waals surface area contributed by atoms with Crippen molar-refractivity contribution in [2.75, 3.05) is 26.2 Å². The largest absolute Gasteiger partial charge is 0.497 e. The molecule has 3 unspecified atom stereocenters. The maximum Gasteiger partial charge on any atom is 0.318 e. The van der Waals surface area contributed by atoms with Gasteiger partial charge in [-0.2, -0.15) is 0 Å². The van der Waals surface area contributed by atoms with Crippen molar-refractivity contribution in [3.8, 4) is 11.5 Å². The van der Waals surface area contributed by atoms with E-state index >= 15 is 0 Å². The molecule has 3 atom stereocenters. The van der Waals surface area contributed by atoms with Gasteiger partial charge in [0.25, 0.3) is 0 Å². The smallest absolute Gasteiger partial charge is 0.318 e. The number of benzene rings is 3. The number of nitrogens with zero attached hydrogens (tertiary/aromatic N) is 1. The van der Waals surface area contributed by atoms with E-state index in [4.69, 9.17) is 14.2 Å². The molecule has 0 saturated carbocycles. The van der Waals surface area contributed by atoms with Crippen LogP contribution in [0.15, 0.2) is 78.9 Å². The summed E-state index contributed by atoms with van der Waals surface area (Å²) in [6.45, 7) is 0. The highest BCUT2D eigenvalue weighted by Crippen LogP contribution is 2.47. The van der Waals surface area contributed by atoms with Gasteiger partial charge in [0, 0.05) is 12.1 Å². The van der Waals surface area contributed by atoms with Crippen molar-refractivity contribution in [1.82, 2.24) is 0 Å². The zero-order valence-electron chi connectivity index (χ0n) is 18.9. The van der Waals surface area contributed by atoms with Crippen LogP contribution in [0.25, 0.3) is 0 Å². The van der Waals surface area contributed by atoms with Crippen molar-refractivity contribution in [3.05, 3.63) is 90.0 Å². The lowest BCUT2D eigenvalue weighted by atomic mass is 9.78. The molecule has 0 bridgehead atoms. The Hall–Kier alpha value is -3.80. The molecule has 1 saturated heterocycles. The van der Waals surface area contributed by atoms with Gasteiger partial charge in [-0.25, -0.2) is 0 Å². The first-order valence-corrected chi connectivity index (χ1v) is 10.8. The molecule has 3 aromatic rings. The molecule has 6 nitrogen and oxygen atoms in total. The van der Waals surface area contributed by atoms with Gasteiger partial charge in [-0.05, 0) is 47.5 Å². The van der Waals surface area contributed by atoms with E-state index in [1.807, 2.05) is 78.9 Å². The summed E-state index contributed by atoms with van der Waals surface area (Å²) < 4.78 is 15.7. The van der Waals surface area contributed by atoms with Crippen LogP contribution >= 0.6 is 0 Å². The summed E-state index contributed by atoms with van der Waals surface area (Å²) in [5, 5.41) is 0. The van der Waals surface area contributed by atoms with Crippen molar-refractivity contribution in [1.29, 1.82) is 0 Å². The molecule has 33 heavy (non-hydrogen) atoms. The predicted octanol–water partition coefficient (Wildman–Crippen LogP) is 4.75. The average molecular weight is 446 g/mol. The van der Waals surface area contributed by atoms with E-state index in [0.717, 1.165) is 22.6 Å². The van der Waals surface area contributed by atoms with Gasteiger partial charge in [0.1, 0.15) is 17.4 Å². The third-order valence-corrected chi connectivity index (χ3v) is 6.16. The minimum absolute atomic E-state index is 0.143. The maximum atomic E-state index is 13.4. The Labute approximate surface area is 193 Å². The molecule has 0 aliphatic carbocycles. The van der Waals surface area contributed by atoms with Crippen molar-refractivity contribution in [3.63, 3.8) is 0 Å². The van der Waals surface area contributed by atoms with Crippen LogP contribution in [0.1, 0.15) is 29.6 Å². The molecular weight excluding hydrogens is 418 g/mol. The molecule has 4 rings (SSSR count). The molecule has 170 valence electrons. The molecule has 1 aliphatic heterocycles. The molecule has 0 aromatic heterocycles. The van der Waals surface area contributed by atoms with E-state index in [9.17, 15) is 9.59 Å². The molecule has 1 aliphatic rings. The van der Waals surface area contributed by atoms with Crippen molar-refractivity contribution in [2.45, 2.75) is 18.5 Å². The summed E-state index contributed by atoms with van der Waals surface area (Å²) >= 11 is 0. The molecule has 0 spiro atoms. The van der Waals surface area contributed by atoms with Crippen LogP contribution in [0.3, 0.4) is 0 Å². The lowest BCUT2D eigenvalue weighted by Gasteiger charge is -2.46. The minimum Gasteiger partial charge on any atom is -0.497 e. The van der Waals surface area contributed by atoms with Crippen LogP contribution in [0, 0.1) is 5.92 Å². The Morgan fingerprint density at radius 2 is 1.33 bits per heavy atom. The third-order valence-electron chi connectivity index (χ3n) is 6.16. The number of anilines is 1. The number of hydrogen-bond acceptors (Lipinski definition) is 6. The number of methoxy groups -OCH3 is 3. The van der Waals surface area contributed by atoms with E-state index in [-0.39, 0.29) is 18.2 Å². The van der Waals surface area contributed by atoms with Crippen LogP contribution in [-0.2, 0) is 14.3 Å². The zero-order chi connectivity index (χ0) is 23.4. The van der Waals surface area contributed by atoms with E-state index in [1.165, 1.54) is 7.11 Å². The number of esters is 1. The SMILES string of the molecule is COC(=O)C1C(=O)CC(c2ccc(OC)cc2)N(c2ccccc2)C1c1ccc(OC)cc1. The number of hydrogen-bond donors (Lipinski definition) is 0. The highest BCUT2D eigenvalue weighted by atomic mass is 16.5. The second-order valence-corrected chi connectivity index (χ2v) is 7.92. The fraction of sp³-hybridized carbons (Fsp3) is 0.259. The predicted molar refractivity (Wildman–Crippen MR) is 126 cm³/mol. The lowest BCUT2D eigenvalue weighted by molar-refractivity contribution is -0.151. The number of ketones is 1. The van der Waals surface area contributed by atoms with Gasteiger partial charge in [0.2, 0.25) is 0 Å². The van der Waals surface area contributed by atoms with Crippen molar-refractivity contribution >= 4 is 17.4 Å². The third kappa shape index (κ3) is 4.42. The van der Waals surface area contributed by atoms with Crippen molar-refractivity contribution in [2.24, 2.45) is 5.92 Å². The highest BCUT2D eigenvalue weighted by molar-refractivity contribution is 6.02. The highest BCUT2D eigenvalue weighted by Gasteiger charge is 2.48. The fourth-order valence-electron chi connectivity index (χ4n) is 4.53. The topological polar surface area (TPSA) is 65.1 Å². The number of carbonyl (C=O) groups excluding carboxylic acids is 2. The zero-order valence-corrected chi connectivity index (χ0v) is 18.9. The fourth-order valence-corrected chi connectivity index (χ4v) is 4.53. The van der Waals surface area contributed by atoms with Crippen LogP contribution in [-0.4, -0.2) is 33.1 Å². The summed E-state index contributed by atoms with van der Waals surface area (Å²) in [6.07, 6.45) is 0.188. The van der Waals surface area contributed by atoms with Gasteiger partial charge in [-0.3, -0.25) is 9.59 Å². The molecular formula is C27H27NO5. The molecule has 0 amide bonds. The van der Waals surface area contributed by atoms with Crippen LogP contribution in [0.5, 0.6) is 11.5 Å². The summed E-state index contributed by atoms with van der Waals surface area (Å²) in [7, 11) is 4.55. The van der Waals surface area contributed by atoms with Crippen LogP contribution in [0.4, 0.5) is 5.69 Å². The summed E-state index contributed by atoms with van der Waals surface area (Å²) in [5.41, 5.74) is 2.72. The Morgan fingerprint density at radius 1 is 0.788 bits per heavy atom. The van der Waals surface area contributed by atoms with Gasteiger partial charge in [-0.15, -0.1) is 0 Å². The second-order valence-electron chi connectivity index (χ2n) is 7.92. The summed E-state index contributed by atoms with van der Waals surface area (Å²) in [4.78, 5) is 28.4. The average Bonchev–Trinajstić information content (AvgIpc) is 2.88. The number of para-hydroxylation sites is 1. The number of ether oxygens (including phenoxy) is 3. The first kappa shape index (κ1) is 22.4. The first-order valence-electron chi connectivity index (χ1n) is 10.8. The summed E-state index contributed by atoms with van der Waals surface area (Å²) in [6, 6.07) is 24.2. The van der Waals surface area contributed by atoms with E-state index in [0.29, 0.717) is 5.75 Å².